The van der Waals surface area contributed by atoms with Crippen LogP contribution in [0.3, 0.4) is 0 Å². The lowest BCUT2D eigenvalue weighted by molar-refractivity contribution is -0.0495. The molecule has 1 saturated heterocycles. The Balaban J connectivity index is 2.42. The lowest BCUT2D eigenvalue weighted by Crippen LogP contribution is -2.37. The first-order valence-corrected chi connectivity index (χ1v) is 5.05. The Hall–Kier alpha value is -1.58. The van der Waals surface area contributed by atoms with E-state index in [0.717, 1.165) is 0 Å². The van der Waals surface area contributed by atoms with Crippen molar-refractivity contribution in [2.45, 2.75) is 24.6 Å². The van der Waals surface area contributed by atoms with Crippen molar-refractivity contribution in [1.82, 2.24) is 9.55 Å². The van der Waals surface area contributed by atoms with E-state index < -0.39 is 48.3 Å². The maximum atomic E-state index is 13.7. The molecule has 2 heterocycles. The van der Waals surface area contributed by atoms with Gasteiger partial charge in [-0.2, -0.15) is 4.39 Å². The van der Waals surface area contributed by atoms with Crippen LogP contribution in [0.4, 0.5) is 8.78 Å². The van der Waals surface area contributed by atoms with Gasteiger partial charge >= 0.3 is 5.69 Å². The molecule has 0 aliphatic carbocycles. The molecule has 0 spiro atoms. The normalized spacial score (nSPS) is 31.8. The van der Waals surface area contributed by atoms with E-state index in [2.05, 4.69) is 0 Å². The van der Waals surface area contributed by atoms with Gasteiger partial charge < -0.3 is 14.9 Å². The Morgan fingerprint density at radius 3 is 2.72 bits per heavy atom. The molecule has 4 atom stereocenters. The number of nitrogens with one attached hydrogen (secondary N) is 1. The van der Waals surface area contributed by atoms with Crippen molar-refractivity contribution in [2.75, 3.05) is 6.61 Å². The fraction of sp³-hybridized carbons (Fsp3) is 0.556. The molecule has 0 unspecified atom stereocenters. The number of aliphatic hydroxyl groups excluding tert-OH is 2. The standard InChI is InChI=1S/C9H10F2N2O5/c10-3-1-13(9(17)12-7(3)16)8-5(11)6(15)4(2-14)18-8/h1,4-6,8,14-15H,2H2,(H,12,16,17)/t4-,5-,6-,8-/m1/s1. The van der Waals surface area contributed by atoms with Gasteiger partial charge in [0.25, 0.3) is 5.56 Å². The highest BCUT2D eigenvalue weighted by Crippen LogP contribution is 2.30. The summed E-state index contributed by atoms with van der Waals surface area (Å²) in [6.07, 6.45) is -5.99. The molecule has 18 heavy (non-hydrogen) atoms. The molecule has 100 valence electrons. The first kappa shape index (κ1) is 12.9. The highest BCUT2D eigenvalue weighted by molar-refractivity contribution is 4.94. The number of halogens is 2. The second-order valence-corrected chi connectivity index (χ2v) is 3.83. The summed E-state index contributed by atoms with van der Waals surface area (Å²) in [5.74, 6) is -1.28. The summed E-state index contributed by atoms with van der Waals surface area (Å²) in [4.78, 5) is 23.8. The van der Waals surface area contributed by atoms with Gasteiger partial charge in [0.05, 0.1) is 12.8 Å². The Morgan fingerprint density at radius 1 is 1.50 bits per heavy atom. The minimum atomic E-state index is -2.02. The van der Waals surface area contributed by atoms with Gasteiger partial charge in [0.1, 0.15) is 12.2 Å². The lowest BCUT2D eigenvalue weighted by Gasteiger charge is -2.15. The van der Waals surface area contributed by atoms with Gasteiger partial charge in [0.2, 0.25) is 5.82 Å². The van der Waals surface area contributed by atoms with E-state index in [4.69, 9.17) is 9.84 Å². The molecule has 7 nitrogen and oxygen atoms in total. The molecule has 2 rings (SSSR count). The van der Waals surface area contributed by atoms with Crippen LogP contribution in [0, 0.1) is 5.82 Å². The summed E-state index contributed by atoms with van der Waals surface area (Å²) in [7, 11) is 0. The van der Waals surface area contributed by atoms with Crippen LogP contribution in [0.1, 0.15) is 6.23 Å². The summed E-state index contributed by atoms with van der Waals surface area (Å²) < 4.78 is 32.1. The van der Waals surface area contributed by atoms with E-state index in [1.54, 1.807) is 4.98 Å². The Kier molecular flexibility index (Phi) is 3.28. The second-order valence-electron chi connectivity index (χ2n) is 3.83. The number of aromatic nitrogens is 2. The maximum absolute atomic E-state index is 13.7. The summed E-state index contributed by atoms with van der Waals surface area (Å²) in [6, 6.07) is 0. The molecule has 3 N–H and O–H groups in total. The number of hydrogen-bond donors (Lipinski definition) is 3. The van der Waals surface area contributed by atoms with E-state index in [0.29, 0.717) is 10.8 Å². The van der Waals surface area contributed by atoms with Crippen molar-refractivity contribution in [1.29, 1.82) is 0 Å². The molecule has 1 aliphatic rings. The van der Waals surface area contributed by atoms with Crippen LogP contribution in [0.5, 0.6) is 0 Å². The summed E-state index contributed by atoms with van der Waals surface area (Å²) in [5.41, 5.74) is -2.30. The Bertz CT molecular complexity index is 557. The number of hydrogen-bond acceptors (Lipinski definition) is 5. The molecule has 0 aromatic carbocycles. The number of alkyl halides is 1. The molecular weight excluding hydrogens is 254 g/mol. The summed E-state index contributed by atoms with van der Waals surface area (Å²) in [6.45, 7) is -0.654. The predicted molar refractivity (Wildman–Crippen MR) is 53.2 cm³/mol. The Labute approximate surface area is 98.3 Å². The molecule has 0 amide bonds. The molecule has 0 saturated carbocycles. The molecule has 0 bridgehead atoms. The van der Waals surface area contributed by atoms with Crippen LogP contribution >= 0.6 is 0 Å². The van der Waals surface area contributed by atoms with E-state index in [-0.39, 0.29) is 0 Å². The zero-order valence-electron chi connectivity index (χ0n) is 8.92. The average molecular weight is 264 g/mol. The van der Waals surface area contributed by atoms with Crippen molar-refractivity contribution < 1.29 is 23.7 Å². The molecule has 1 fully saturated rings. The van der Waals surface area contributed by atoms with Gasteiger partial charge in [0, 0.05) is 0 Å². The highest BCUT2D eigenvalue weighted by atomic mass is 19.1. The van der Waals surface area contributed by atoms with E-state index in [9.17, 15) is 23.5 Å². The van der Waals surface area contributed by atoms with E-state index >= 15 is 0 Å². The number of rotatable bonds is 2. The van der Waals surface area contributed by atoms with Gasteiger partial charge in [-0.1, -0.05) is 0 Å². The molecule has 1 aliphatic heterocycles. The third-order valence-electron chi connectivity index (χ3n) is 2.67. The Morgan fingerprint density at radius 2 is 2.17 bits per heavy atom. The largest absolute Gasteiger partial charge is 0.394 e. The monoisotopic (exact) mass is 264 g/mol. The van der Waals surface area contributed by atoms with Crippen molar-refractivity contribution >= 4 is 0 Å². The number of nitrogens with zero attached hydrogens (tertiary/aromatic N) is 1. The van der Waals surface area contributed by atoms with Crippen LogP contribution in [0.15, 0.2) is 15.8 Å². The van der Waals surface area contributed by atoms with Gasteiger partial charge in [-0.15, -0.1) is 0 Å². The fourth-order valence-corrected chi connectivity index (χ4v) is 1.73. The molecule has 0 radical (unpaired) electrons. The van der Waals surface area contributed by atoms with Gasteiger partial charge in [0.15, 0.2) is 12.4 Å². The summed E-state index contributed by atoms with van der Waals surface area (Å²) >= 11 is 0. The third-order valence-corrected chi connectivity index (χ3v) is 2.67. The van der Waals surface area contributed by atoms with Gasteiger partial charge in [-0.05, 0) is 0 Å². The molecular formula is C9H10F2N2O5. The first-order chi connectivity index (χ1) is 8.45. The minimum absolute atomic E-state index is 0.486. The first-order valence-electron chi connectivity index (χ1n) is 5.05. The summed E-state index contributed by atoms with van der Waals surface area (Å²) in [5, 5.41) is 18.2. The van der Waals surface area contributed by atoms with Crippen molar-refractivity contribution in [3.8, 4) is 0 Å². The van der Waals surface area contributed by atoms with Crippen LogP contribution in [0.2, 0.25) is 0 Å². The van der Waals surface area contributed by atoms with Crippen LogP contribution in [0.25, 0.3) is 0 Å². The number of aromatic amines is 1. The highest BCUT2D eigenvalue weighted by Gasteiger charge is 2.45. The van der Waals surface area contributed by atoms with E-state index in [1.165, 1.54) is 0 Å². The van der Waals surface area contributed by atoms with Gasteiger partial charge in [-0.3, -0.25) is 14.3 Å². The van der Waals surface area contributed by atoms with Crippen LogP contribution < -0.4 is 11.2 Å². The second kappa shape index (κ2) is 4.59. The van der Waals surface area contributed by atoms with Crippen molar-refractivity contribution in [2.24, 2.45) is 0 Å². The van der Waals surface area contributed by atoms with Crippen molar-refractivity contribution in [3.63, 3.8) is 0 Å². The average Bonchev–Trinajstić information content (AvgIpc) is 2.61. The number of aliphatic hydroxyl groups is 2. The lowest BCUT2D eigenvalue weighted by atomic mass is 10.1. The molecule has 1 aromatic rings. The third kappa shape index (κ3) is 1.96. The SMILES string of the molecule is O=c1[nH]c(=O)n([C@@H]2O[C@H](CO)[C@@H](O)[C@H]2F)cc1F. The fourth-order valence-electron chi connectivity index (χ4n) is 1.73. The smallest absolute Gasteiger partial charge is 0.330 e. The molecule has 1 aromatic heterocycles. The number of ether oxygens (including phenoxy) is 1. The zero-order chi connectivity index (χ0) is 13.4. The predicted octanol–water partition coefficient (Wildman–Crippen LogP) is -1.74. The maximum Gasteiger partial charge on any atom is 0.330 e. The van der Waals surface area contributed by atoms with E-state index in [1.807, 2.05) is 0 Å². The van der Waals surface area contributed by atoms with Crippen LogP contribution in [-0.2, 0) is 4.74 Å². The quantitative estimate of drug-likeness (QED) is 0.588. The van der Waals surface area contributed by atoms with Crippen LogP contribution in [-0.4, -0.2) is 44.8 Å². The topological polar surface area (TPSA) is 105 Å². The minimum Gasteiger partial charge on any atom is -0.394 e. The molecule has 9 heteroatoms. The zero-order valence-corrected chi connectivity index (χ0v) is 8.92. The van der Waals surface area contributed by atoms with Crippen molar-refractivity contribution in [3.05, 3.63) is 32.9 Å². The number of H-pyrrole nitrogens is 1. The van der Waals surface area contributed by atoms with Gasteiger partial charge in [-0.25, -0.2) is 9.18 Å².